The third-order valence-electron chi connectivity index (χ3n) is 4.45. The van der Waals surface area contributed by atoms with E-state index in [9.17, 15) is 0 Å². The predicted molar refractivity (Wildman–Crippen MR) is 75.6 cm³/mol. The molecule has 18 heavy (non-hydrogen) atoms. The van der Waals surface area contributed by atoms with E-state index in [-0.39, 0.29) is 0 Å². The SMILES string of the molecule is NCCc1nc(CN2CCC3CCCCC32)cs1. The van der Waals surface area contributed by atoms with Crippen LogP contribution in [0.2, 0.25) is 0 Å². The van der Waals surface area contributed by atoms with Crippen molar-refractivity contribution in [2.45, 2.75) is 51.1 Å². The highest BCUT2D eigenvalue weighted by molar-refractivity contribution is 7.09. The summed E-state index contributed by atoms with van der Waals surface area (Å²) in [5, 5.41) is 3.42. The van der Waals surface area contributed by atoms with Crippen molar-refractivity contribution in [1.82, 2.24) is 9.88 Å². The van der Waals surface area contributed by atoms with Crippen LogP contribution in [0.25, 0.3) is 0 Å². The normalized spacial score (nSPS) is 28.5. The van der Waals surface area contributed by atoms with Gasteiger partial charge in [0.2, 0.25) is 0 Å². The highest BCUT2D eigenvalue weighted by Crippen LogP contribution is 2.36. The summed E-state index contributed by atoms with van der Waals surface area (Å²) in [5.74, 6) is 0.973. The zero-order valence-corrected chi connectivity index (χ0v) is 11.8. The highest BCUT2D eigenvalue weighted by atomic mass is 32.1. The molecule has 0 spiro atoms. The van der Waals surface area contributed by atoms with Gasteiger partial charge in [0.05, 0.1) is 10.7 Å². The van der Waals surface area contributed by atoms with E-state index < -0.39 is 0 Å². The lowest BCUT2D eigenvalue weighted by Gasteiger charge is -2.31. The number of hydrogen-bond donors (Lipinski definition) is 1. The highest BCUT2D eigenvalue weighted by Gasteiger charge is 2.35. The molecule has 4 heteroatoms. The molecule has 100 valence electrons. The molecule has 1 aromatic heterocycles. The van der Waals surface area contributed by atoms with Crippen LogP contribution in [0.1, 0.15) is 42.8 Å². The van der Waals surface area contributed by atoms with E-state index in [0.29, 0.717) is 6.54 Å². The molecule has 3 nitrogen and oxygen atoms in total. The van der Waals surface area contributed by atoms with Gasteiger partial charge >= 0.3 is 0 Å². The van der Waals surface area contributed by atoms with E-state index in [1.165, 1.54) is 49.4 Å². The van der Waals surface area contributed by atoms with Crippen LogP contribution < -0.4 is 5.73 Å². The molecule has 2 aliphatic rings. The summed E-state index contributed by atoms with van der Waals surface area (Å²) in [5.41, 5.74) is 6.84. The number of rotatable bonds is 4. The first-order chi connectivity index (χ1) is 8.86. The number of nitrogens with two attached hydrogens (primary N) is 1. The maximum atomic E-state index is 5.58. The Morgan fingerprint density at radius 2 is 2.22 bits per heavy atom. The molecule has 2 atom stereocenters. The smallest absolute Gasteiger partial charge is 0.0941 e. The first-order valence-electron chi connectivity index (χ1n) is 7.24. The third kappa shape index (κ3) is 2.60. The monoisotopic (exact) mass is 265 g/mol. The number of likely N-dealkylation sites (tertiary alicyclic amines) is 1. The van der Waals surface area contributed by atoms with Crippen LogP contribution in [0.5, 0.6) is 0 Å². The van der Waals surface area contributed by atoms with Crippen LogP contribution in [0.4, 0.5) is 0 Å². The zero-order valence-electron chi connectivity index (χ0n) is 11.0. The lowest BCUT2D eigenvalue weighted by molar-refractivity contribution is 0.174. The summed E-state index contributed by atoms with van der Waals surface area (Å²) in [6, 6.07) is 0.846. The first kappa shape index (κ1) is 12.6. The Morgan fingerprint density at radius 3 is 3.11 bits per heavy atom. The Balaban J connectivity index is 1.61. The van der Waals surface area contributed by atoms with Gasteiger partial charge in [0.25, 0.3) is 0 Å². The standard InChI is InChI=1S/C14H23N3S/c15-7-5-14-16-12(10-18-14)9-17-8-6-11-3-1-2-4-13(11)17/h10-11,13H,1-9,15H2. The van der Waals surface area contributed by atoms with Gasteiger partial charge in [-0.25, -0.2) is 4.98 Å². The summed E-state index contributed by atoms with van der Waals surface area (Å²) < 4.78 is 0. The molecule has 0 bridgehead atoms. The average Bonchev–Trinajstić information content (AvgIpc) is 2.99. The van der Waals surface area contributed by atoms with E-state index >= 15 is 0 Å². The topological polar surface area (TPSA) is 42.1 Å². The molecule has 2 N–H and O–H groups in total. The summed E-state index contributed by atoms with van der Waals surface area (Å²) in [7, 11) is 0. The quantitative estimate of drug-likeness (QED) is 0.909. The molecular formula is C14H23N3S. The van der Waals surface area contributed by atoms with Crippen molar-refractivity contribution < 1.29 is 0 Å². The Kier molecular flexibility index (Phi) is 3.97. The molecule has 1 aliphatic heterocycles. The van der Waals surface area contributed by atoms with E-state index in [2.05, 4.69) is 10.3 Å². The molecule has 0 radical (unpaired) electrons. The number of thiazole rings is 1. The van der Waals surface area contributed by atoms with E-state index in [1.807, 2.05) is 0 Å². The molecule has 1 saturated carbocycles. The van der Waals surface area contributed by atoms with Crippen molar-refractivity contribution in [3.63, 3.8) is 0 Å². The lowest BCUT2D eigenvalue weighted by atomic mass is 9.85. The van der Waals surface area contributed by atoms with E-state index in [4.69, 9.17) is 10.7 Å². The van der Waals surface area contributed by atoms with Crippen molar-refractivity contribution in [1.29, 1.82) is 0 Å². The van der Waals surface area contributed by atoms with Crippen molar-refractivity contribution in [2.75, 3.05) is 13.1 Å². The Hall–Kier alpha value is -0.450. The van der Waals surface area contributed by atoms with E-state index in [0.717, 1.165) is 24.9 Å². The average molecular weight is 265 g/mol. The second-order valence-corrected chi connectivity index (χ2v) is 6.58. The van der Waals surface area contributed by atoms with Crippen molar-refractivity contribution in [3.8, 4) is 0 Å². The van der Waals surface area contributed by atoms with Gasteiger partial charge in [-0.2, -0.15) is 0 Å². The van der Waals surface area contributed by atoms with Gasteiger partial charge in [-0.05, 0) is 38.3 Å². The van der Waals surface area contributed by atoms with Crippen molar-refractivity contribution in [3.05, 3.63) is 16.1 Å². The molecule has 1 aromatic rings. The molecule has 1 saturated heterocycles. The fourth-order valence-electron chi connectivity index (χ4n) is 3.57. The second-order valence-electron chi connectivity index (χ2n) is 5.64. The minimum absolute atomic E-state index is 0.710. The zero-order chi connectivity index (χ0) is 12.4. The summed E-state index contributed by atoms with van der Waals surface area (Å²) in [6.07, 6.45) is 8.07. The van der Waals surface area contributed by atoms with Crippen LogP contribution in [-0.4, -0.2) is 29.0 Å². The largest absolute Gasteiger partial charge is 0.330 e. The van der Waals surface area contributed by atoms with Crippen LogP contribution in [-0.2, 0) is 13.0 Å². The van der Waals surface area contributed by atoms with Gasteiger partial charge in [-0.1, -0.05) is 12.8 Å². The van der Waals surface area contributed by atoms with Crippen molar-refractivity contribution >= 4 is 11.3 Å². The maximum absolute atomic E-state index is 5.58. The minimum atomic E-state index is 0.710. The molecule has 2 fully saturated rings. The molecule has 3 rings (SSSR count). The molecule has 2 unspecified atom stereocenters. The maximum Gasteiger partial charge on any atom is 0.0941 e. The van der Waals surface area contributed by atoms with Gasteiger partial charge in [0, 0.05) is 24.4 Å². The molecular weight excluding hydrogens is 242 g/mol. The summed E-state index contributed by atoms with van der Waals surface area (Å²) in [6.45, 7) is 3.04. The first-order valence-corrected chi connectivity index (χ1v) is 8.12. The second kappa shape index (κ2) is 5.68. The van der Waals surface area contributed by atoms with Gasteiger partial charge < -0.3 is 5.73 Å². The molecule has 2 heterocycles. The van der Waals surface area contributed by atoms with Crippen LogP contribution in [0.15, 0.2) is 5.38 Å². The minimum Gasteiger partial charge on any atom is -0.330 e. The number of aromatic nitrogens is 1. The summed E-state index contributed by atoms with van der Waals surface area (Å²) in [4.78, 5) is 7.37. The number of hydrogen-bond acceptors (Lipinski definition) is 4. The number of fused-ring (bicyclic) bond motifs is 1. The number of nitrogens with zero attached hydrogens (tertiary/aromatic N) is 2. The predicted octanol–water partition coefficient (Wildman–Crippen LogP) is 2.41. The Bertz CT molecular complexity index is 390. The van der Waals surface area contributed by atoms with Gasteiger partial charge in [-0.15, -0.1) is 11.3 Å². The van der Waals surface area contributed by atoms with Crippen molar-refractivity contribution in [2.24, 2.45) is 11.7 Å². The lowest BCUT2D eigenvalue weighted by Crippen LogP contribution is -2.34. The molecule has 0 amide bonds. The molecule has 0 aromatic carbocycles. The third-order valence-corrected chi connectivity index (χ3v) is 5.41. The van der Waals surface area contributed by atoms with Crippen LogP contribution in [0, 0.1) is 5.92 Å². The Morgan fingerprint density at radius 1 is 1.33 bits per heavy atom. The van der Waals surface area contributed by atoms with Gasteiger partial charge in [0.15, 0.2) is 0 Å². The van der Waals surface area contributed by atoms with Crippen LogP contribution in [0.3, 0.4) is 0 Å². The fourth-order valence-corrected chi connectivity index (χ4v) is 4.37. The summed E-state index contributed by atoms with van der Waals surface area (Å²) >= 11 is 1.77. The Labute approximate surface area is 113 Å². The fraction of sp³-hybridized carbons (Fsp3) is 0.786. The molecule has 1 aliphatic carbocycles. The van der Waals surface area contributed by atoms with Gasteiger partial charge in [0.1, 0.15) is 0 Å². The van der Waals surface area contributed by atoms with Gasteiger partial charge in [-0.3, -0.25) is 4.90 Å². The van der Waals surface area contributed by atoms with E-state index in [1.54, 1.807) is 11.3 Å². The van der Waals surface area contributed by atoms with Crippen LogP contribution >= 0.6 is 11.3 Å².